The van der Waals surface area contributed by atoms with Crippen molar-refractivity contribution in [3.8, 4) is 11.5 Å². The van der Waals surface area contributed by atoms with E-state index in [0.29, 0.717) is 24.3 Å². The summed E-state index contributed by atoms with van der Waals surface area (Å²) in [6.07, 6.45) is 4.74. The molecule has 0 saturated carbocycles. The largest absolute Gasteiger partial charge is 0.493 e. The maximum atomic E-state index is 12.8. The number of benzene rings is 1. The zero-order chi connectivity index (χ0) is 24.4. The van der Waals surface area contributed by atoms with E-state index < -0.39 is 23.0 Å². The number of nitro benzene ring substituents is 1. The van der Waals surface area contributed by atoms with Gasteiger partial charge in [-0.3, -0.25) is 10.1 Å². The zero-order valence-electron chi connectivity index (χ0n) is 19.7. The van der Waals surface area contributed by atoms with Crippen molar-refractivity contribution in [1.29, 1.82) is 0 Å². The van der Waals surface area contributed by atoms with Crippen LogP contribution in [-0.4, -0.2) is 37.2 Å². The fraction of sp³-hybridized carbons (Fsp3) is 0.565. The monoisotopic (exact) mass is 463 g/mol. The van der Waals surface area contributed by atoms with Crippen LogP contribution in [-0.2, 0) is 9.53 Å². The number of carbonyl (C=O) groups is 2. The Hall–Kier alpha value is -3.30. The van der Waals surface area contributed by atoms with Gasteiger partial charge in [-0.05, 0) is 37.8 Å². The molecular formula is C23H33N3O7. The van der Waals surface area contributed by atoms with Gasteiger partial charge in [0.25, 0.3) is 0 Å². The van der Waals surface area contributed by atoms with Crippen molar-refractivity contribution in [3.63, 3.8) is 0 Å². The number of esters is 1. The van der Waals surface area contributed by atoms with E-state index in [9.17, 15) is 19.7 Å². The molecule has 2 rings (SSSR count). The molecule has 0 aliphatic carbocycles. The van der Waals surface area contributed by atoms with Gasteiger partial charge in [0.1, 0.15) is 0 Å². The van der Waals surface area contributed by atoms with Crippen LogP contribution in [0.3, 0.4) is 0 Å². The Labute approximate surface area is 193 Å². The summed E-state index contributed by atoms with van der Waals surface area (Å²) in [5.74, 6) is -0.417. The average molecular weight is 464 g/mol. The number of unbranched alkanes of at least 4 members (excludes halogenated alkanes) is 3. The second-order valence-corrected chi connectivity index (χ2v) is 7.63. The molecule has 0 bridgehead atoms. The molecule has 1 aliphatic rings. The Morgan fingerprint density at radius 2 is 1.88 bits per heavy atom. The third-order valence-corrected chi connectivity index (χ3v) is 5.23. The Morgan fingerprint density at radius 1 is 1.15 bits per heavy atom. The van der Waals surface area contributed by atoms with Crippen LogP contribution in [0.4, 0.5) is 10.5 Å². The lowest BCUT2D eigenvalue weighted by atomic mass is 9.92. The van der Waals surface area contributed by atoms with E-state index >= 15 is 0 Å². The summed E-state index contributed by atoms with van der Waals surface area (Å²) >= 11 is 0. The summed E-state index contributed by atoms with van der Waals surface area (Å²) in [7, 11) is 1.39. The Morgan fingerprint density at radius 3 is 2.48 bits per heavy atom. The van der Waals surface area contributed by atoms with Crippen LogP contribution in [0.25, 0.3) is 0 Å². The van der Waals surface area contributed by atoms with Gasteiger partial charge < -0.3 is 24.8 Å². The van der Waals surface area contributed by atoms with Crippen LogP contribution in [0.15, 0.2) is 23.4 Å². The van der Waals surface area contributed by atoms with Crippen LogP contribution in [0.2, 0.25) is 0 Å². The van der Waals surface area contributed by atoms with Crippen molar-refractivity contribution < 1.29 is 28.7 Å². The maximum absolute atomic E-state index is 12.8. The number of allylic oxidation sites excluding steroid dienone is 1. The molecule has 0 saturated heterocycles. The Kier molecular flexibility index (Phi) is 9.96. The van der Waals surface area contributed by atoms with E-state index in [1.165, 1.54) is 13.2 Å². The molecule has 0 spiro atoms. The van der Waals surface area contributed by atoms with Gasteiger partial charge in [0.05, 0.1) is 36.9 Å². The molecule has 1 aromatic rings. The van der Waals surface area contributed by atoms with Crippen molar-refractivity contribution in [3.05, 3.63) is 39.1 Å². The van der Waals surface area contributed by atoms with Crippen molar-refractivity contribution in [2.45, 2.75) is 65.3 Å². The van der Waals surface area contributed by atoms with Crippen molar-refractivity contribution >= 4 is 17.7 Å². The molecule has 10 nitrogen and oxygen atoms in total. The normalized spacial score (nSPS) is 15.5. The standard InChI is InChI=1S/C23H33N3O7/c1-5-8-10-12-33-21-17(26(29)30)13-15(14-18(21)31-4)20-19(22(27)32-7-3)16(11-9-6-2)24-23(28)25-20/h13-14,20H,5-12H2,1-4H3,(H2,24,25,28). The smallest absolute Gasteiger partial charge is 0.338 e. The number of nitro groups is 1. The van der Waals surface area contributed by atoms with E-state index in [2.05, 4.69) is 17.6 Å². The first kappa shape index (κ1) is 26.0. The number of hydrogen-bond donors (Lipinski definition) is 2. The molecule has 1 unspecified atom stereocenters. The van der Waals surface area contributed by atoms with Gasteiger partial charge in [-0.1, -0.05) is 33.1 Å². The van der Waals surface area contributed by atoms with Crippen LogP contribution >= 0.6 is 0 Å². The molecule has 0 fully saturated rings. The minimum Gasteiger partial charge on any atom is -0.493 e. The van der Waals surface area contributed by atoms with Crippen molar-refractivity contribution in [1.82, 2.24) is 10.6 Å². The van der Waals surface area contributed by atoms with Gasteiger partial charge in [0, 0.05) is 11.8 Å². The number of carbonyl (C=O) groups excluding carboxylic acids is 2. The minimum absolute atomic E-state index is 0.0236. The highest BCUT2D eigenvalue weighted by atomic mass is 16.6. The number of nitrogens with one attached hydrogen (secondary N) is 2. The van der Waals surface area contributed by atoms with Gasteiger partial charge in [0.2, 0.25) is 5.75 Å². The van der Waals surface area contributed by atoms with E-state index in [1.54, 1.807) is 13.0 Å². The molecule has 2 amide bonds. The quantitative estimate of drug-likeness (QED) is 0.190. The topological polar surface area (TPSA) is 129 Å². The molecule has 1 heterocycles. The lowest BCUT2D eigenvalue weighted by molar-refractivity contribution is -0.386. The number of rotatable bonds is 13. The second kappa shape index (κ2) is 12.7. The predicted octanol–water partition coefficient (Wildman–Crippen LogP) is 4.53. The maximum Gasteiger partial charge on any atom is 0.338 e. The van der Waals surface area contributed by atoms with Crippen molar-refractivity contribution in [2.24, 2.45) is 0 Å². The van der Waals surface area contributed by atoms with E-state index in [1.807, 2.05) is 6.92 Å². The minimum atomic E-state index is -0.939. The van der Waals surface area contributed by atoms with E-state index in [0.717, 1.165) is 32.1 Å². The van der Waals surface area contributed by atoms with E-state index in [4.69, 9.17) is 14.2 Å². The summed E-state index contributed by atoms with van der Waals surface area (Å²) in [5, 5.41) is 17.3. The van der Waals surface area contributed by atoms with Crippen molar-refractivity contribution in [2.75, 3.05) is 20.3 Å². The molecule has 0 aromatic heterocycles. The van der Waals surface area contributed by atoms with Gasteiger partial charge in [-0.15, -0.1) is 0 Å². The highest BCUT2D eigenvalue weighted by Crippen LogP contribution is 2.42. The molecule has 1 aliphatic heterocycles. The number of methoxy groups -OCH3 is 1. The Bertz CT molecular complexity index is 898. The van der Waals surface area contributed by atoms with Gasteiger partial charge in [-0.2, -0.15) is 0 Å². The molecule has 1 aromatic carbocycles. The lowest BCUT2D eigenvalue weighted by Crippen LogP contribution is -2.46. The lowest BCUT2D eigenvalue weighted by Gasteiger charge is -2.29. The SMILES string of the molecule is CCCCCOc1c(OC)cc(C2NC(=O)NC(CCCC)=C2C(=O)OCC)cc1[N+](=O)[O-]. The number of ether oxygens (including phenoxy) is 3. The summed E-state index contributed by atoms with van der Waals surface area (Å²) < 4.78 is 16.3. The summed E-state index contributed by atoms with van der Waals surface area (Å²) in [6.45, 7) is 6.20. The number of amides is 2. The van der Waals surface area contributed by atoms with Crippen LogP contribution in [0.1, 0.15) is 70.9 Å². The van der Waals surface area contributed by atoms with E-state index in [-0.39, 0.29) is 29.4 Å². The summed E-state index contributed by atoms with van der Waals surface area (Å²) in [6, 6.07) is 1.42. The van der Waals surface area contributed by atoms with Gasteiger partial charge >= 0.3 is 17.7 Å². The second-order valence-electron chi connectivity index (χ2n) is 7.63. The summed E-state index contributed by atoms with van der Waals surface area (Å²) in [5.41, 5.74) is 0.696. The Balaban J connectivity index is 2.58. The molecule has 182 valence electrons. The zero-order valence-corrected chi connectivity index (χ0v) is 19.7. The average Bonchev–Trinajstić information content (AvgIpc) is 2.79. The predicted molar refractivity (Wildman–Crippen MR) is 122 cm³/mol. The first-order chi connectivity index (χ1) is 15.9. The number of nitrogens with zero attached hydrogens (tertiary/aromatic N) is 1. The first-order valence-electron chi connectivity index (χ1n) is 11.3. The fourth-order valence-electron chi connectivity index (χ4n) is 3.60. The van der Waals surface area contributed by atoms with Crippen LogP contribution in [0, 0.1) is 10.1 Å². The molecule has 1 atom stereocenters. The highest BCUT2D eigenvalue weighted by Gasteiger charge is 2.35. The van der Waals surface area contributed by atoms with Gasteiger partial charge in [-0.25, -0.2) is 9.59 Å². The van der Waals surface area contributed by atoms with Gasteiger partial charge in [0.15, 0.2) is 5.75 Å². The molecule has 2 N–H and O–H groups in total. The third kappa shape index (κ3) is 6.59. The molecule has 33 heavy (non-hydrogen) atoms. The summed E-state index contributed by atoms with van der Waals surface area (Å²) in [4.78, 5) is 36.5. The molecule has 0 radical (unpaired) electrons. The highest BCUT2D eigenvalue weighted by molar-refractivity contribution is 5.95. The van der Waals surface area contributed by atoms with Crippen LogP contribution in [0.5, 0.6) is 11.5 Å². The molecule has 10 heteroatoms. The van der Waals surface area contributed by atoms with Crippen LogP contribution < -0.4 is 20.1 Å². The third-order valence-electron chi connectivity index (χ3n) is 5.23. The number of urea groups is 1. The first-order valence-corrected chi connectivity index (χ1v) is 11.3. The fourth-order valence-corrected chi connectivity index (χ4v) is 3.60. The number of hydrogen-bond acceptors (Lipinski definition) is 7. The molecular weight excluding hydrogens is 430 g/mol.